The molecule has 1 atom stereocenters. The fourth-order valence-corrected chi connectivity index (χ4v) is 2.54. The predicted octanol–water partition coefficient (Wildman–Crippen LogP) is 3.63. The molecule has 0 unspecified atom stereocenters. The van der Waals surface area contributed by atoms with Gasteiger partial charge in [0.15, 0.2) is 30.9 Å². The van der Waals surface area contributed by atoms with E-state index in [1.807, 2.05) is 0 Å². The fourth-order valence-electron chi connectivity index (χ4n) is 2.54. The first-order valence-corrected chi connectivity index (χ1v) is 9.59. The highest BCUT2D eigenvalue weighted by Gasteiger charge is 2.31. The molecule has 0 radical (unpaired) electrons. The highest BCUT2D eigenvalue weighted by molar-refractivity contribution is 5.99. The molecule has 0 saturated heterocycles. The monoisotopic (exact) mass is 506 g/mol. The first kappa shape index (κ1) is 27.5. The normalized spacial score (nSPS) is 12.5. The number of hydrogen-bond acceptors (Lipinski definition) is 7. The van der Waals surface area contributed by atoms with Gasteiger partial charge < -0.3 is 14.6 Å². The van der Waals surface area contributed by atoms with Crippen molar-refractivity contribution >= 4 is 23.5 Å². The number of benzene rings is 2. The van der Waals surface area contributed by atoms with Gasteiger partial charge in [0, 0.05) is 11.1 Å². The van der Waals surface area contributed by atoms with Crippen LogP contribution in [0.2, 0.25) is 0 Å². The predicted molar refractivity (Wildman–Crippen MR) is 104 cm³/mol. The van der Waals surface area contributed by atoms with Gasteiger partial charge in [0.25, 0.3) is 0 Å². The second-order valence-corrected chi connectivity index (χ2v) is 6.98. The summed E-state index contributed by atoms with van der Waals surface area (Å²) in [6.07, 6.45) is -12.2. The van der Waals surface area contributed by atoms with Crippen LogP contribution in [0.1, 0.15) is 38.3 Å². The van der Waals surface area contributed by atoms with Crippen LogP contribution in [0.5, 0.6) is 0 Å². The summed E-state index contributed by atoms with van der Waals surface area (Å²) in [6, 6.07) is 6.18. The molecule has 7 nitrogen and oxygen atoms in total. The van der Waals surface area contributed by atoms with Crippen molar-refractivity contribution < 1.29 is 60.1 Å². The zero-order chi connectivity index (χ0) is 26.4. The maximum atomic E-state index is 12.5. The average Bonchev–Trinajstić information content (AvgIpc) is 2.79. The molecule has 0 amide bonds. The van der Waals surface area contributed by atoms with Crippen molar-refractivity contribution in [3.63, 3.8) is 0 Å². The molecule has 0 fully saturated rings. The quantitative estimate of drug-likeness (QED) is 0.315. The molecule has 0 spiro atoms. The lowest BCUT2D eigenvalue weighted by molar-refractivity contribution is -0.158. The van der Waals surface area contributed by atoms with E-state index in [9.17, 15) is 50.6 Å². The molecule has 0 saturated carbocycles. The van der Waals surface area contributed by atoms with Crippen LogP contribution in [0.25, 0.3) is 0 Å². The lowest BCUT2D eigenvalue weighted by Gasteiger charge is -2.11. The van der Waals surface area contributed by atoms with Gasteiger partial charge in [-0.25, -0.2) is 4.79 Å². The number of carbonyl (C=O) groups is 4. The van der Waals surface area contributed by atoms with Crippen LogP contribution >= 0.6 is 0 Å². The van der Waals surface area contributed by atoms with Crippen LogP contribution in [0, 0.1) is 0 Å². The second-order valence-electron chi connectivity index (χ2n) is 6.98. The SMILES string of the molecule is O=C(C[C@H](O)C(=O)OCC(=O)c1ccc(C(F)(F)F)cc1)OCC(=O)c1ccc(C(F)(F)F)cc1. The van der Waals surface area contributed by atoms with Crippen molar-refractivity contribution in [2.75, 3.05) is 13.2 Å². The van der Waals surface area contributed by atoms with Gasteiger partial charge in [-0.05, 0) is 24.3 Å². The molecule has 13 heteroatoms. The van der Waals surface area contributed by atoms with Crippen LogP contribution in [0.3, 0.4) is 0 Å². The van der Waals surface area contributed by atoms with Crippen molar-refractivity contribution in [2.45, 2.75) is 24.9 Å². The second kappa shape index (κ2) is 11.1. The lowest BCUT2D eigenvalue weighted by Crippen LogP contribution is -2.29. The van der Waals surface area contributed by atoms with E-state index in [0.29, 0.717) is 24.3 Å². The van der Waals surface area contributed by atoms with E-state index in [1.165, 1.54) is 0 Å². The van der Waals surface area contributed by atoms with Crippen molar-refractivity contribution in [2.24, 2.45) is 0 Å². The Labute approximate surface area is 193 Å². The Morgan fingerprint density at radius 3 is 1.43 bits per heavy atom. The summed E-state index contributed by atoms with van der Waals surface area (Å²) in [5, 5.41) is 9.68. The third-order valence-electron chi connectivity index (χ3n) is 4.41. The number of carbonyl (C=O) groups excluding carboxylic acids is 4. The number of halogens is 6. The number of alkyl halides is 6. The number of aliphatic hydroxyl groups is 1. The van der Waals surface area contributed by atoms with Crippen molar-refractivity contribution in [1.29, 1.82) is 0 Å². The number of aliphatic hydroxyl groups excluding tert-OH is 1. The van der Waals surface area contributed by atoms with Crippen LogP contribution in [0.4, 0.5) is 26.3 Å². The smallest absolute Gasteiger partial charge is 0.416 e. The molecule has 0 aliphatic heterocycles. The molecule has 1 N–H and O–H groups in total. The Hall–Kier alpha value is -3.74. The highest BCUT2D eigenvalue weighted by Crippen LogP contribution is 2.30. The van der Waals surface area contributed by atoms with Gasteiger partial charge in [0.05, 0.1) is 17.5 Å². The zero-order valence-corrected chi connectivity index (χ0v) is 17.5. The molecule has 35 heavy (non-hydrogen) atoms. The minimum atomic E-state index is -4.60. The average molecular weight is 506 g/mol. The van der Waals surface area contributed by atoms with Crippen molar-refractivity contribution in [3.8, 4) is 0 Å². The molecule has 0 bridgehead atoms. The Kier molecular flexibility index (Phi) is 8.74. The van der Waals surface area contributed by atoms with E-state index >= 15 is 0 Å². The summed E-state index contributed by atoms with van der Waals surface area (Å²) in [6.45, 7) is -1.80. The first-order chi connectivity index (χ1) is 16.2. The van der Waals surface area contributed by atoms with E-state index in [1.54, 1.807) is 0 Å². The van der Waals surface area contributed by atoms with Crippen molar-refractivity contribution in [3.05, 3.63) is 70.8 Å². The standard InChI is InChI=1S/C22H16F6O7/c23-21(24,25)14-5-1-12(2-6-14)17(30)10-34-19(32)9-16(29)20(33)35-11-18(31)13-3-7-15(8-4-13)22(26,27)28/h1-8,16,29H,9-11H2/t16-/m0/s1. The fraction of sp³-hybridized carbons (Fsp3) is 0.273. The third-order valence-corrected chi connectivity index (χ3v) is 4.41. The molecule has 0 heterocycles. The first-order valence-electron chi connectivity index (χ1n) is 9.59. The van der Waals surface area contributed by atoms with E-state index in [0.717, 1.165) is 24.3 Å². The van der Waals surface area contributed by atoms with Gasteiger partial charge in [0.2, 0.25) is 0 Å². The van der Waals surface area contributed by atoms with Crippen LogP contribution in [-0.4, -0.2) is 47.9 Å². The number of rotatable bonds is 9. The summed E-state index contributed by atoms with van der Waals surface area (Å²) in [7, 11) is 0. The molecule has 2 rings (SSSR count). The summed E-state index contributed by atoms with van der Waals surface area (Å²) < 4.78 is 84.3. The molecule has 0 aliphatic rings. The number of ether oxygens (including phenoxy) is 2. The van der Waals surface area contributed by atoms with E-state index in [2.05, 4.69) is 9.47 Å². The van der Waals surface area contributed by atoms with Gasteiger partial charge in [-0.2, -0.15) is 26.3 Å². The summed E-state index contributed by atoms with van der Waals surface area (Å²) in [5.74, 6) is -4.34. The van der Waals surface area contributed by atoms with Gasteiger partial charge >= 0.3 is 24.3 Å². The van der Waals surface area contributed by atoms with Gasteiger partial charge in [0.1, 0.15) is 0 Å². The molecule has 2 aromatic rings. The summed E-state index contributed by atoms with van der Waals surface area (Å²) in [4.78, 5) is 47.3. The lowest BCUT2D eigenvalue weighted by atomic mass is 10.1. The molecule has 0 aromatic heterocycles. The Morgan fingerprint density at radius 2 is 1.06 bits per heavy atom. The van der Waals surface area contributed by atoms with E-state index < -0.39 is 72.7 Å². The topological polar surface area (TPSA) is 107 Å². The third kappa shape index (κ3) is 8.21. The van der Waals surface area contributed by atoms with Gasteiger partial charge in [-0.1, -0.05) is 24.3 Å². The number of hydrogen-bond donors (Lipinski definition) is 1. The van der Waals surface area contributed by atoms with E-state index in [-0.39, 0.29) is 11.1 Å². The van der Waals surface area contributed by atoms with Crippen molar-refractivity contribution in [1.82, 2.24) is 0 Å². The Bertz CT molecular complexity index is 1070. The number of esters is 2. The highest BCUT2D eigenvalue weighted by atomic mass is 19.4. The molecular formula is C22H16F6O7. The van der Waals surface area contributed by atoms with Gasteiger partial charge in [-0.15, -0.1) is 0 Å². The summed E-state index contributed by atoms with van der Waals surface area (Å²) >= 11 is 0. The zero-order valence-electron chi connectivity index (χ0n) is 17.5. The molecular weight excluding hydrogens is 490 g/mol. The molecule has 2 aromatic carbocycles. The van der Waals surface area contributed by atoms with Crippen LogP contribution < -0.4 is 0 Å². The number of ketones is 2. The Balaban J connectivity index is 1.78. The number of Topliss-reactive ketones (excluding diaryl/α,β-unsaturated/α-hetero) is 2. The van der Waals surface area contributed by atoms with Gasteiger partial charge in [-0.3, -0.25) is 14.4 Å². The molecule has 188 valence electrons. The maximum absolute atomic E-state index is 12.5. The largest absolute Gasteiger partial charge is 0.457 e. The van der Waals surface area contributed by atoms with Crippen LogP contribution in [-0.2, 0) is 31.4 Å². The molecule has 0 aliphatic carbocycles. The maximum Gasteiger partial charge on any atom is 0.416 e. The minimum Gasteiger partial charge on any atom is -0.457 e. The summed E-state index contributed by atoms with van der Waals surface area (Å²) in [5.41, 5.74) is -2.34. The van der Waals surface area contributed by atoms with E-state index in [4.69, 9.17) is 0 Å². The van der Waals surface area contributed by atoms with Crippen LogP contribution in [0.15, 0.2) is 48.5 Å². The Morgan fingerprint density at radius 1 is 0.686 bits per heavy atom. The minimum absolute atomic E-state index is 0.174.